The molecule has 0 aromatic carbocycles. The molecule has 4 nitrogen and oxygen atoms in total. The van der Waals surface area contributed by atoms with Gasteiger partial charge in [-0.1, -0.05) is 0 Å². The van der Waals surface area contributed by atoms with Gasteiger partial charge in [0.15, 0.2) is 0 Å². The summed E-state index contributed by atoms with van der Waals surface area (Å²) in [5, 5.41) is 3.40. The number of amides is 1. The Morgan fingerprint density at radius 3 is 2.22 bits per heavy atom. The monoisotopic (exact) mass is 253 g/mol. The second-order valence-electron chi connectivity index (χ2n) is 5.58. The average molecular weight is 253 g/mol. The zero-order valence-electron chi connectivity index (χ0n) is 12.0. The molecule has 2 aliphatic heterocycles. The van der Waals surface area contributed by atoms with E-state index >= 15 is 0 Å². The lowest BCUT2D eigenvalue weighted by Crippen LogP contribution is -2.52. The third-order valence-electron chi connectivity index (χ3n) is 4.73. The van der Waals surface area contributed by atoms with Gasteiger partial charge in [0.1, 0.15) is 0 Å². The van der Waals surface area contributed by atoms with Gasteiger partial charge in [-0.3, -0.25) is 9.69 Å². The number of nitrogens with zero attached hydrogens (tertiary/aromatic N) is 2. The quantitative estimate of drug-likeness (QED) is 0.796. The van der Waals surface area contributed by atoms with Gasteiger partial charge in [-0.05, 0) is 46.6 Å². The van der Waals surface area contributed by atoms with Crippen LogP contribution in [0.1, 0.15) is 39.5 Å². The largest absolute Gasteiger partial charge is 0.342 e. The van der Waals surface area contributed by atoms with Crippen molar-refractivity contribution in [3.63, 3.8) is 0 Å². The molecule has 0 aromatic rings. The van der Waals surface area contributed by atoms with E-state index in [1.54, 1.807) is 0 Å². The van der Waals surface area contributed by atoms with Crippen LogP contribution in [0, 0.1) is 0 Å². The molecular weight excluding hydrogens is 226 g/mol. The number of nitrogens with one attached hydrogen (secondary N) is 1. The number of piperidine rings is 1. The summed E-state index contributed by atoms with van der Waals surface area (Å²) in [6, 6.07) is 1.91. The van der Waals surface area contributed by atoms with Crippen molar-refractivity contribution < 1.29 is 4.79 Å². The topological polar surface area (TPSA) is 35.6 Å². The van der Waals surface area contributed by atoms with E-state index < -0.39 is 0 Å². The van der Waals surface area contributed by atoms with Crippen LogP contribution in [0.15, 0.2) is 0 Å². The van der Waals surface area contributed by atoms with Crippen LogP contribution in [-0.2, 0) is 4.79 Å². The van der Waals surface area contributed by atoms with Gasteiger partial charge in [0, 0.05) is 31.2 Å². The van der Waals surface area contributed by atoms with E-state index in [1.165, 1.54) is 25.7 Å². The molecule has 0 aliphatic carbocycles. The van der Waals surface area contributed by atoms with Crippen molar-refractivity contribution >= 4 is 5.91 Å². The number of hydrogen-bond acceptors (Lipinski definition) is 3. The summed E-state index contributed by atoms with van der Waals surface area (Å²) >= 11 is 0. The number of likely N-dealkylation sites (N-methyl/N-ethyl adjacent to an activating group) is 1. The first-order chi connectivity index (χ1) is 8.69. The highest BCUT2D eigenvalue weighted by Crippen LogP contribution is 2.35. The van der Waals surface area contributed by atoms with Crippen molar-refractivity contribution in [2.45, 2.75) is 57.7 Å². The molecule has 4 heteroatoms. The Hall–Kier alpha value is -0.610. The number of carbonyl (C=O) groups excluding carboxylic acids is 1. The third kappa shape index (κ3) is 2.69. The highest BCUT2D eigenvalue weighted by molar-refractivity contribution is 5.78. The second kappa shape index (κ2) is 6.02. The lowest BCUT2D eigenvalue weighted by Gasteiger charge is -2.39. The molecule has 0 aromatic heterocycles. The van der Waals surface area contributed by atoms with E-state index in [0.717, 1.165) is 13.1 Å². The van der Waals surface area contributed by atoms with Crippen molar-refractivity contribution in [2.75, 3.05) is 26.7 Å². The Morgan fingerprint density at radius 2 is 1.78 bits per heavy atom. The zero-order chi connectivity index (χ0) is 13.1. The molecule has 2 rings (SSSR count). The van der Waals surface area contributed by atoms with Crippen molar-refractivity contribution in [3.05, 3.63) is 0 Å². The van der Waals surface area contributed by atoms with Crippen molar-refractivity contribution in [3.8, 4) is 0 Å². The highest BCUT2D eigenvalue weighted by Gasteiger charge is 2.41. The maximum Gasteiger partial charge on any atom is 0.236 e. The van der Waals surface area contributed by atoms with Gasteiger partial charge < -0.3 is 10.2 Å². The molecule has 2 heterocycles. The highest BCUT2D eigenvalue weighted by atomic mass is 16.2. The normalized spacial score (nSPS) is 31.6. The van der Waals surface area contributed by atoms with Gasteiger partial charge in [0.05, 0.1) is 6.54 Å². The van der Waals surface area contributed by atoms with Crippen molar-refractivity contribution in [2.24, 2.45) is 0 Å². The van der Waals surface area contributed by atoms with E-state index in [9.17, 15) is 4.79 Å². The molecular formula is C14H27N3O. The van der Waals surface area contributed by atoms with E-state index in [1.807, 2.05) is 4.90 Å². The van der Waals surface area contributed by atoms with Crippen molar-refractivity contribution in [1.82, 2.24) is 15.1 Å². The fourth-order valence-corrected chi connectivity index (χ4v) is 3.60. The van der Waals surface area contributed by atoms with Crippen molar-refractivity contribution in [1.29, 1.82) is 0 Å². The standard InChI is InChI=1S/C14H27N3O/c1-4-16(5-2)14(18)10-17-12-6-7-13(17)9-11(8-12)15-3/h11-13,15H,4-10H2,1-3H3. The number of carbonyl (C=O) groups is 1. The summed E-state index contributed by atoms with van der Waals surface area (Å²) in [5.41, 5.74) is 0. The molecule has 18 heavy (non-hydrogen) atoms. The maximum atomic E-state index is 12.2. The van der Waals surface area contributed by atoms with E-state index in [2.05, 4.69) is 31.1 Å². The Kier molecular flexibility index (Phi) is 4.62. The van der Waals surface area contributed by atoms with Gasteiger partial charge in [-0.25, -0.2) is 0 Å². The molecule has 2 unspecified atom stereocenters. The Morgan fingerprint density at radius 1 is 1.22 bits per heavy atom. The number of rotatable bonds is 5. The lowest BCUT2D eigenvalue weighted by molar-refractivity contribution is -0.133. The molecule has 104 valence electrons. The van der Waals surface area contributed by atoms with E-state index in [4.69, 9.17) is 0 Å². The van der Waals surface area contributed by atoms with Crippen LogP contribution < -0.4 is 5.32 Å². The molecule has 0 spiro atoms. The zero-order valence-corrected chi connectivity index (χ0v) is 12.0. The van der Waals surface area contributed by atoms with Crippen LogP contribution in [0.4, 0.5) is 0 Å². The molecule has 1 amide bonds. The Bertz CT molecular complexity index is 277. The SMILES string of the molecule is CCN(CC)C(=O)CN1C2CCC1CC(NC)C2. The van der Waals surface area contributed by atoms with Crippen LogP contribution in [-0.4, -0.2) is 60.5 Å². The van der Waals surface area contributed by atoms with Gasteiger partial charge in [0.2, 0.25) is 5.91 Å². The first-order valence-corrected chi connectivity index (χ1v) is 7.40. The summed E-state index contributed by atoms with van der Waals surface area (Å²) in [7, 11) is 2.06. The van der Waals surface area contributed by atoms with Gasteiger partial charge in [0.25, 0.3) is 0 Å². The molecule has 0 saturated carbocycles. The van der Waals surface area contributed by atoms with Crippen LogP contribution in [0.2, 0.25) is 0 Å². The molecule has 2 atom stereocenters. The smallest absolute Gasteiger partial charge is 0.236 e. The predicted octanol–water partition coefficient (Wildman–Crippen LogP) is 1.07. The minimum atomic E-state index is 0.305. The number of fused-ring (bicyclic) bond motifs is 2. The summed E-state index contributed by atoms with van der Waals surface area (Å²) in [6.07, 6.45) is 4.96. The number of hydrogen-bond donors (Lipinski definition) is 1. The molecule has 2 fully saturated rings. The average Bonchev–Trinajstić information content (AvgIpc) is 2.63. The van der Waals surface area contributed by atoms with Crippen LogP contribution in [0.5, 0.6) is 0 Å². The fraction of sp³-hybridized carbons (Fsp3) is 0.929. The molecule has 1 N–H and O–H groups in total. The first-order valence-electron chi connectivity index (χ1n) is 7.40. The Labute approximate surface area is 111 Å². The molecule has 2 bridgehead atoms. The van der Waals surface area contributed by atoms with Crippen LogP contribution >= 0.6 is 0 Å². The second-order valence-corrected chi connectivity index (χ2v) is 5.58. The first kappa shape index (κ1) is 13.8. The summed E-state index contributed by atoms with van der Waals surface area (Å²) < 4.78 is 0. The van der Waals surface area contributed by atoms with Gasteiger partial charge in [-0.15, -0.1) is 0 Å². The van der Waals surface area contributed by atoms with Crippen LogP contribution in [0.3, 0.4) is 0 Å². The molecule has 0 radical (unpaired) electrons. The lowest BCUT2D eigenvalue weighted by atomic mass is 9.97. The van der Waals surface area contributed by atoms with E-state index in [0.29, 0.717) is 30.6 Å². The van der Waals surface area contributed by atoms with Gasteiger partial charge >= 0.3 is 0 Å². The minimum absolute atomic E-state index is 0.305. The van der Waals surface area contributed by atoms with Gasteiger partial charge in [-0.2, -0.15) is 0 Å². The Balaban J connectivity index is 1.93. The summed E-state index contributed by atoms with van der Waals surface area (Å²) in [4.78, 5) is 16.6. The summed E-state index contributed by atoms with van der Waals surface area (Å²) in [5.74, 6) is 0.305. The molecule has 2 aliphatic rings. The van der Waals surface area contributed by atoms with Crippen LogP contribution in [0.25, 0.3) is 0 Å². The minimum Gasteiger partial charge on any atom is -0.342 e. The molecule has 2 saturated heterocycles. The summed E-state index contributed by atoms with van der Waals surface area (Å²) in [6.45, 7) is 6.41. The predicted molar refractivity (Wildman–Crippen MR) is 73.5 cm³/mol. The third-order valence-corrected chi connectivity index (χ3v) is 4.73. The fourth-order valence-electron chi connectivity index (χ4n) is 3.60. The maximum absolute atomic E-state index is 12.2. The van der Waals surface area contributed by atoms with E-state index in [-0.39, 0.29) is 0 Å².